The molecule has 1 saturated carbocycles. The quantitative estimate of drug-likeness (QED) is 0.468. The molecule has 1 rings (SSSR count). The highest BCUT2D eigenvalue weighted by Gasteiger charge is 2.46. The second kappa shape index (κ2) is 5.75. The summed E-state index contributed by atoms with van der Waals surface area (Å²) < 4.78 is 21.2. The van der Waals surface area contributed by atoms with Crippen molar-refractivity contribution in [2.75, 3.05) is 0 Å². The van der Waals surface area contributed by atoms with E-state index in [1.165, 1.54) is 6.92 Å². The minimum Gasteiger partial charge on any atom is -0.456 e. The van der Waals surface area contributed by atoms with Gasteiger partial charge in [-0.2, -0.15) is 0 Å². The van der Waals surface area contributed by atoms with Crippen molar-refractivity contribution in [1.82, 2.24) is 0 Å². The zero-order chi connectivity index (χ0) is 14.8. The molecule has 110 valence electrons. The molecule has 0 spiro atoms. The van der Waals surface area contributed by atoms with Gasteiger partial charge in [-0.1, -0.05) is 13.5 Å². The predicted octanol–water partition coefficient (Wildman–Crippen LogP) is 2.16. The lowest BCUT2D eigenvalue weighted by atomic mass is 9.78. The van der Waals surface area contributed by atoms with Gasteiger partial charge in [0.1, 0.15) is 11.7 Å². The molecule has 0 aromatic rings. The van der Waals surface area contributed by atoms with Crippen molar-refractivity contribution >= 4 is 13.8 Å². The van der Waals surface area contributed by atoms with Gasteiger partial charge in [0, 0.05) is 5.57 Å². The highest BCUT2D eigenvalue weighted by atomic mass is 31.2. The minimum atomic E-state index is -4.64. The van der Waals surface area contributed by atoms with Crippen LogP contribution in [0.5, 0.6) is 0 Å². The first-order chi connectivity index (χ1) is 8.53. The molecule has 7 heteroatoms. The Morgan fingerprint density at radius 1 is 1.47 bits per heavy atom. The van der Waals surface area contributed by atoms with Crippen molar-refractivity contribution in [2.24, 2.45) is 5.92 Å². The van der Waals surface area contributed by atoms with Crippen LogP contribution in [0.4, 0.5) is 0 Å². The predicted molar refractivity (Wildman–Crippen MR) is 69.2 cm³/mol. The van der Waals surface area contributed by atoms with Gasteiger partial charge >= 0.3 is 13.8 Å². The number of ether oxygens (including phenoxy) is 1. The normalized spacial score (nSPS) is 31.8. The molecule has 1 aliphatic rings. The third kappa shape index (κ3) is 4.73. The Labute approximate surface area is 113 Å². The molecule has 0 aromatic heterocycles. The van der Waals surface area contributed by atoms with Gasteiger partial charge < -0.3 is 14.5 Å². The summed E-state index contributed by atoms with van der Waals surface area (Å²) in [5.74, 6) is -0.268. The molecule has 6 nitrogen and oxygen atoms in total. The molecular formula is C12H21O6P. The summed E-state index contributed by atoms with van der Waals surface area (Å²) in [6.07, 6.45) is 1.01. The van der Waals surface area contributed by atoms with Crippen molar-refractivity contribution in [3.63, 3.8) is 0 Å². The molecule has 0 radical (unpaired) electrons. The van der Waals surface area contributed by atoms with Gasteiger partial charge in [-0.25, -0.2) is 9.36 Å². The van der Waals surface area contributed by atoms with Crippen LogP contribution >= 0.6 is 7.82 Å². The van der Waals surface area contributed by atoms with E-state index in [4.69, 9.17) is 19.0 Å². The van der Waals surface area contributed by atoms with Crippen LogP contribution in [0.15, 0.2) is 12.2 Å². The summed E-state index contributed by atoms with van der Waals surface area (Å²) in [4.78, 5) is 29.6. The van der Waals surface area contributed by atoms with Gasteiger partial charge in [-0.3, -0.25) is 4.52 Å². The highest BCUT2D eigenvalue weighted by molar-refractivity contribution is 7.46. The number of phosphoric ester groups is 1. The molecule has 0 saturated heterocycles. The van der Waals surface area contributed by atoms with Gasteiger partial charge in [0.05, 0.1) is 0 Å². The van der Waals surface area contributed by atoms with Crippen LogP contribution in [0, 0.1) is 5.92 Å². The summed E-state index contributed by atoms with van der Waals surface area (Å²) in [6, 6.07) is 0. The largest absolute Gasteiger partial charge is 0.470 e. The van der Waals surface area contributed by atoms with E-state index in [0.717, 1.165) is 6.42 Å². The molecule has 19 heavy (non-hydrogen) atoms. The zero-order valence-corrected chi connectivity index (χ0v) is 12.4. The molecule has 1 fully saturated rings. The van der Waals surface area contributed by atoms with E-state index in [-0.39, 0.29) is 5.57 Å². The zero-order valence-electron chi connectivity index (χ0n) is 11.5. The Bertz CT molecular complexity index is 414. The van der Waals surface area contributed by atoms with E-state index >= 15 is 0 Å². The highest BCUT2D eigenvalue weighted by Crippen LogP contribution is 2.48. The van der Waals surface area contributed by atoms with E-state index in [9.17, 15) is 9.36 Å². The van der Waals surface area contributed by atoms with Crippen molar-refractivity contribution in [1.29, 1.82) is 0 Å². The van der Waals surface area contributed by atoms with Crippen molar-refractivity contribution in [3.05, 3.63) is 12.2 Å². The lowest BCUT2D eigenvalue weighted by molar-refractivity contribution is -0.165. The van der Waals surface area contributed by atoms with E-state index in [1.54, 1.807) is 6.92 Å². The van der Waals surface area contributed by atoms with E-state index in [0.29, 0.717) is 18.8 Å². The lowest BCUT2D eigenvalue weighted by Gasteiger charge is -2.42. The van der Waals surface area contributed by atoms with Crippen LogP contribution in [0.3, 0.4) is 0 Å². The Balaban J connectivity index is 2.89. The molecule has 0 heterocycles. The van der Waals surface area contributed by atoms with Gasteiger partial charge in [-0.15, -0.1) is 0 Å². The van der Waals surface area contributed by atoms with Gasteiger partial charge in [0.25, 0.3) is 0 Å². The number of carbonyl (C=O) groups is 1. The molecule has 0 aromatic carbocycles. The molecule has 0 bridgehead atoms. The Morgan fingerprint density at radius 3 is 2.53 bits per heavy atom. The number of carbonyl (C=O) groups excluding carboxylic acids is 1. The Morgan fingerprint density at radius 2 is 2.05 bits per heavy atom. The molecule has 0 aliphatic heterocycles. The third-order valence-corrected chi connectivity index (χ3v) is 4.01. The first-order valence-electron chi connectivity index (χ1n) is 6.16. The minimum absolute atomic E-state index is 0.247. The number of phosphoric acid groups is 1. The summed E-state index contributed by atoms with van der Waals surface area (Å²) in [7, 11) is -4.64. The van der Waals surface area contributed by atoms with E-state index in [1.807, 2.05) is 6.92 Å². The molecule has 0 amide bonds. The summed E-state index contributed by atoms with van der Waals surface area (Å²) in [6.45, 7) is 8.58. The van der Waals surface area contributed by atoms with E-state index < -0.39 is 25.5 Å². The number of hydrogen-bond donors (Lipinski definition) is 2. The summed E-state index contributed by atoms with van der Waals surface area (Å²) in [5.41, 5.74) is -0.923. The smallest absolute Gasteiger partial charge is 0.456 e. The van der Waals surface area contributed by atoms with Crippen LogP contribution in [-0.4, -0.2) is 27.5 Å². The fraction of sp³-hybridized carbons (Fsp3) is 0.750. The first-order valence-corrected chi connectivity index (χ1v) is 7.69. The second-order valence-corrected chi connectivity index (χ2v) is 6.61. The maximum Gasteiger partial charge on any atom is 0.470 e. The van der Waals surface area contributed by atoms with Crippen molar-refractivity contribution < 1.29 is 28.4 Å². The SMILES string of the molecule is C=C(C)C(=O)OC1CC(C)CCC1(C)OP(=O)(O)O. The van der Waals surface area contributed by atoms with Crippen LogP contribution in [0.25, 0.3) is 0 Å². The monoisotopic (exact) mass is 292 g/mol. The number of rotatable bonds is 4. The summed E-state index contributed by atoms with van der Waals surface area (Å²) >= 11 is 0. The molecule has 2 N–H and O–H groups in total. The average Bonchev–Trinajstić information content (AvgIpc) is 2.21. The molecular weight excluding hydrogens is 271 g/mol. The lowest BCUT2D eigenvalue weighted by Crippen LogP contribution is -2.48. The maximum atomic E-state index is 11.6. The van der Waals surface area contributed by atoms with Crippen LogP contribution in [0.2, 0.25) is 0 Å². The van der Waals surface area contributed by atoms with Crippen LogP contribution < -0.4 is 0 Å². The van der Waals surface area contributed by atoms with Crippen LogP contribution in [-0.2, 0) is 18.6 Å². The fourth-order valence-corrected chi connectivity index (χ4v) is 2.96. The molecule has 3 unspecified atom stereocenters. The Kier molecular flexibility index (Phi) is 4.96. The number of esters is 1. The van der Waals surface area contributed by atoms with E-state index in [2.05, 4.69) is 6.58 Å². The standard InChI is InChI=1S/C12H21O6P/c1-8(2)11(13)17-10-7-9(3)5-6-12(10,4)18-19(14,15)16/h9-10H,1,5-7H2,2-4H3,(H2,14,15,16). The van der Waals surface area contributed by atoms with Gasteiger partial charge in [-0.05, 0) is 39.0 Å². The average molecular weight is 292 g/mol. The molecule has 3 atom stereocenters. The third-order valence-electron chi connectivity index (χ3n) is 3.36. The van der Waals surface area contributed by atoms with Crippen molar-refractivity contribution in [2.45, 2.75) is 51.7 Å². The van der Waals surface area contributed by atoms with Gasteiger partial charge in [0.2, 0.25) is 0 Å². The van der Waals surface area contributed by atoms with Crippen LogP contribution in [0.1, 0.15) is 40.0 Å². The number of hydrogen-bond acceptors (Lipinski definition) is 4. The summed E-state index contributed by atoms with van der Waals surface area (Å²) in [5, 5.41) is 0. The van der Waals surface area contributed by atoms with Gasteiger partial charge in [0.15, 0.2) is 0 Å². The fourth-order valence-electron chi connectivity index (χ4n) is 2.21. The first kappa shape index (κ1) is 16.4. The Hall–Kier alpha value is -0.680. The second-order valence-electron chi connectivity index (χ2n) is 5.45. The van der Waals surface area contributed by atoms with Crippen molar-refractivity contribution in [3.8, 4) is 0 Å². The molecule has 1 aliphatic carbocycles. The maximum absolute atomic E-state index is 11.6. The topological polar surface area (TPSA) is 93.1 Å².